The number of ketones is 1. The van der Waals surface area contributed by atoms with Crippen LogP contribution in [-0.2, 0) is 0 Å². The Kier molecular flexibility index (Phi) is 4.59. The van der Waals surface area contributed by atoms with Gasteiger partial charge in [-0.1, -0.05) is 23.7 Å². The van der Waals surface area contributed by atoms with Crippen molar-refractivity contribution in [3.05, 3.63) is 81.1 Å². The maximum atomic E-state index is 12.1. The first-order valence-electron chi connectivity index (χ1n) is 7.36. The number of aromatic hydroxyl groups is 1. The quantitative estimate of drug-likeness (QED) is 0.551. The molecule has 0 aliphatic rings. The van der Waals surface area contributed by atoms with Gasteiger partial charge in [0.05, 0.1) is 0 Å². The Balaban J connectivity index is 1.84. The second-order valence-corrected chi connectivity index (χ2v) is 5.75. The van der Waals surface area contributed by atoms with Crippen LogP contribution in [0.3, 0.4) is 0 Å². The molecule has 0 spiro atoms. The molecule has 0 fully saturated rings. The first kappa shape index (κ1) is 16.8. The van der Waals surface area contributed by atoms with Crippen LogP contribution in [0.2, 0.25) is 5.02 Å². The fourth-order valence-corrected chi connectivity index (χ4v) is 2.49. The van der Waals surface area contributed by atoms with E-state index in [2.05, 4.69) is 0 Å². The van der Waals surface area contributed by atoms with Crippen molar-refractivity contribution in [2.75, 3.05) is 0 Å². The van der Waals surface area contributed by atoms with Crippen LogP contribution in [0, 0.1) is 6.92 Å². The average molecular weight is 357 g/mol. The predicted octanol–water partition coefficient (Wildman–Crippen LogP) is 4.46. The highest BCUT2D eigenvalue weighted by Gasteiger charge is 2.16. The number of carbonyl (C=O) groups excluding carboxylic acids is 1. The van der Waals surface area contributed by atoms with Crippen molar-refractivity contribution in [3.8, 4) is 17.1 Å². The second-order valence-electron chi connectivity index (χ2n) is 5.31. The van der Waals surface area contributed by atoms with Crippen LogP contribution >= 0.6 is 11.6 Å². The zero-order valence-electron chi connectivity index (χ0n) is 13.2. The molecule has 6 heteroatoms. The summed E-state index contributed by atoms with van der Waals surface area (Å²) in [7, 11) is 0. The number of halogens is 1. The molecular formula is C19H13ClO5. The Labute approximate surface area is 147 Å². The molecule has 0 unspecified atom stereocenters. The van der Waals surface area contributed by atoms with Crippen molar-refractivity contribution in [1.82, 2.24) is 0 Å². The van der Waals surface area contributed by atoms with Crippen LogP contribution in [0.25, 0.3) is 17.4 Å². The largest absolute Gasteiger partial charge is 0.507 e. The molecule has 0 saturated heterocycles. The topological polar surface area (TPSA) is 80.6 Å². The number of furan rings is 1. The van der Waals surface area contributed by atoms with Gasteiger partial charge in [-0.05, 0) is 43.3 Å². The number of hydrogen-bond acceptors (Lipinski definition) is 5. The third kappa shape index (κ3) is 3.72. The van der Waals surface area contributed by atoms with Crippen LogP contribution in [0.15, 0.2) is 62.2 Å². The van der Waals surface area contributed by atoms with Gasteiger partial charge in [0.15, 0.2) is 5.78 Å². The zero-order chi connectivity index (χ0) is 18.0. The first-order chi connectivity index (χ1) is 11.9. The highest BCUT2D eigenvalue weighted by molar-refractivity contribution is 6.30. The lowest BCUT2D eigenvalue weighted by atomic mass is 10.1. The van der Waals surface area contributed by atoms with Gasteiger partial charge in [0.1, 0.15) is 28.6 Å². The van der Waals surface area contributed by atoms with Crippen LogP contribution in [0.4, 0.5) is 0 Å². The van der Waals surface area contributed by atoms with Gasteiger partial charge in [-0.25, -0.2) is 4.79 Å². The monoisotopic (exact) mass is 356 g/mol. The Morgan fingerprint density at radius 3 is 2.68 bits per heavy atom. The van der Waals surface area contributed by atoms with E-state index in [4.69, 9.17) is 20.4 Å². The molecule has 5 nitrogen and oxygen atoms in total. The van der Waals surface area contributed by atoms with Gasteiger partial charge in [-0.3, -0.25) is 4.79 Å². The number of aryl methyl sites for hydroxylation is 1. The number of benzene rings is 1. The molecule has 2 aromatic heterocycles. The molecule has 25 heavy (non-hydrogen) atoms. The maximum Gasteiger partial charge on any atom is 0.351 e. The van der Waals surface area contributed by atoms with Gasteiger partial charge < -0.3 is 13.9 Å². The summed E-state index contributed by atoms with van der Waals surface area (Å²) < 4.78 is 10.5. The number of carbonyl (C=O) groups is 1. The highest BCUT2D eigenvalue weighted by atomic mass is 35.5. The van der Waals surface area contributed by atoms with Gasteiger partial charge in [0.2, 0.25) is 0 Å². The van der Waals surface area contributed by atoms with Gasteiger partial charge in [-0.15, -0.1) is 0 Å². The molecule has 1 aromatic carbocycles. The number of rotatable bonds is 4. The van der Waals surface area contributed by atoms with E-state index in [0.29, 0.717) is 16.5 Å². The summed E-state index contributed by atoms with van der Waals surface area (Å²) in [6.45, 7) is 1.51. The standard InChI is InChI=1S/C19H13ClO5/c1-11-9-16(22)18(19(23)24-11)15(21)7-5-14-6-8-17(25-14)12-3-2-4-13(20)10-12/h2-10,22H,1H3/b7-5+. The lowest BCUT2D eigenvalue weighted by molar-refractivity contribution is 0.104. The summed E-state index contributed by atoms with van der Waals surface area (Å²) in [5, 5.41) is 10.4. The molecule has 0 aliphatic heterocycles. The summed E-state index contributed by atoms with van der Waals surface area (Å²) in [5.74, 6) is 0.140. The Morgan fingerprint density at radius 1 is 1.16 bits per heavy atom. The van der Waals surface area contributed by atoms with Crippen LogP contribution in [0.1, 0.15) is 21.9 Å². The SMILES string of the molecule is Cc1cc(O)c(C(=O)/C=C/c2ccc(-c3cccc(Cl)c3)o2)c(=O)o1. The molecule has 0 saturated carbocycles. The van der Waals surface area contributed by atoms with Gasteiger partial charge >= 0.3 is 5.63 Å². The molecule has 0 aliphatic carbocycles. The normalized spacial score (nSPS) is 11.1. The zero-order valence-corrected chi connectivity index (χ0v) is 13.9. The molecule has 2 heterocycles. The third-order valence-electron chi connectivity index (χ3n) is 3.44. The van der Waals surface area contributed by atoms with Crippen LogP contribution in [-0.4, -0.2) is 10.9 Å². The average Bonchev–Trinajstić information content (AvgIpc) is 3.01. The Hall–Kier alpha value is -3.05. The Morgan fingerprint density at radius 2 is 1.96 bits per heavy atom. The Bertz CT molecular complexity index is 1030. The number of hydrogen-bond donors (Lipinski definition) is 1. The van der Waals surface area contributed by atoms with Crippen molar-refractivity contribution in [3.63, 3.8) is 0 Å². The molecule has 0 radical (unpaired) electrons. The molecule has 126 valence electrons. The molecule has 0 atom stereocenters. The second kappa shape index (κ2) is 6.83. The minimum Gasteiger partial charge on any atom is -0.507 e. The summed E-state index contributed by atoms with van der Waals surface area (Å²) in [4.78, 5) is 23.8. The first-order valence-corrected chi connectivity index (χ1v) is 7.74. The van der Waals surface area contributed by atoms with Crippen molar-refractivity contribution in [1.29, 1.82) is 0 Å². The van der Waals surface area contributed by atoms with Crippen LogP contribution in [0.5, 0.6) is 5.75 Å². The molecule has 0 amide bonds. The van der Waals surface area contributed by atoms with Crippen molar-refractivity contribution < 1.29 is 18.7 Å². The molecule has 1 N–H and O–H groups in total. The lowest BCUT2D eigenvalue weighted by Crippen LogP contribution is -2.12. The van der Waals surface area contributed by atoms with Crippen molar-refractivity contribution in [2.24, 2.45) is 0 Å². The predicted molar refractivity (Wildman–Crippen MR) is 93.9 cm³/mol. The third-order valence-corrected chi connectivity index (χ3v) is 3.67. The molecular weight excluding hydrogens is 344 g/mol. The molecule has 3 aromatic rings. The van der Waals surface area contributed by atoms with Crippen LogP contribution < -0.4 is 5.63 Å². The fraction of sp³-hybridized carbons (Fsp3) is 0.0526. The lowest BCUT2D eigenvalue weighted by Gasteiger charge is -1.99. The van der Waals surface area contributed by atoms with E-state index in [1.54, 1.807) is 30.3 Å². The van der Waals surface area contributed by atoms with E-state index in [1.165, 1.54) is 19.1 Å². The van der Waals surface area contributed by atoms with E-state index in [0.717, 1.165) is 11.6 Å². The van der Waals surface area contributed by atoms with Gasteiger partial charge in [0.25, 0.3) is 0 Å². The van der Waals surface area contributed by atoms with Gasteiger partial charge in [-0.2, -0.15) is 0 Å². The summed E-state index contributed by atoms with van der Waals surface area (Å²) in [6, 6.07) is 11.8. The maximum absolute atomic E-state index is 12.1. The van der Waals surface area contributed by atoms with Crippen molar-refractivity contribution in [2.45, 2.75) is 6.92 Å². The minimum absolute atomic E-state index is 0.222. The molecule has 0 bridgehead atoms. The highest BCUT2D eigenvalue weighted by Crippen LogP contribution is 2.25. The summed E-state index contributed by atoms with van der Waals surface area (Å²) >= 11 is 5.95. The van der Waals surface area contributed by atoms with Crippen molar-refractivity contribution >= 4 is 23.5 Å². The minimum atomic E-state index is -0.883. The summed E-state index contributed by atoms with van der Waals surface area (Å²) in [6.07, 6.45) is 2.55. The van der Waals surface area contributed by atoms with E-state index in [-0.39, 0.29) is 5.76 Å². The summed E-state index contributed by atoms with van der Waals surface area (Å²) in [5.41, 5.74) is -0.495. The van der Waals surface area contributed by atoms with E-state index >= 15 is 0 Å². The van der Waals surface area contributed by atoms with E-state index in [1.807, 2.05) is 6.07 Å². The van der Waals surface area contributed by atoms with E-state index < -0.39 is 22.7 Å². The fourth-order valence-electron chi connectivity index (χ4n) is 2.30. The molecule has 3 rings (SSSR count). The van der Waals surface area contributed by atoms with E-state index in [9.17, 15) is 14.7 Å². The number of allylic oxidation sites excluding steroid dienone is 1. The van der Waals surface area contributed by atoms with Gasteiger partial charge in [0, 0.05) is 16.7 Å². The smallest absolute Gasteiger partial charge is 0.351 e.